The Balaban J connectivity index is 2.14. The van der Waals surface area contributed by atoms with Crippen molar-refractivity contribution < 1.29 is 8.42 Å². The summed E-state index contributed by atoms with van der Waals surface area (Å²) in [5.74, 6) is 0. The van der Waals surface area contributed by atoms with Gasteiger partial charge in [0.15, 0.2) is 9.84 Å². The van der Waals surface area contributed by atoms with E-state index in [0.29, 0.717) is 0 Å². The maximum Gasteiger partial charge on any atom is 0.151 e. The topological polar surface area (TPSA) is 50.3 Å². The van der Waals surface area contributed by atoms with Crippen LogP contribution in [0.15, 0.2) is 0 Å². The maximum atomic E-state index is 12.0. The van der Waals surface area contributed by atoms with Gasteiger partial charge in [0, 0.05) is 23.7 Å². The lowest BCUT2D eigenvalue weighted by atomic mass is 9.94. The van der Waals surface area contributed by atoms with Crippen molar-refractivity contribution in [1.82, 2.24) is 9.88 Å². The Labute approximate surface area is 126 Å². The lowest BCUT2D eigenvalue weighted by molar-refractivity contribution is 0.188. The van der Waals surface area contributed by atoms with Crippen LogP contribution in [-0.4, -0.2) is 42.9 Å². The lowest BCUT2D eigenvalue weighted by Crippen LogP contribution is -2.46. The fourth-order valence-corrected chi connectivity index (χ4v) is 5.65. The highest BCUT2D eigenvalue weighted by Crippen LogP contribution is 2.29. The van der Waals surface area contributed by atoms with Crippen LogP contribution >= 0.6 is 11.3 Å². The Morgan fingerprint density at radius 1 is 1.30 bits per heavy atom. The van der Waals surface area contributed by atoms with E-state index in [1.807, 2.05) is 20.9 Å². The number of hydrogen-bond acceptors (Lipinski definition) is 5. The second-order valence-electron chi connectivity index (χ2n) is 5.88. The van der Waals surface area contributed by atoms with Gasteiger partial charge in [-0.15, -0.1) is 11.3 Å². The molecule has 114 valence electrons. The molecule has 1 aromatic heterocycles. The number of aromatic nitrogens is 1. The summed E-state index contributed by atoms with van der Waals surface area (Å²) in [4.78, 5) is 7.92. The van der Waals surface area contributed by atoms with Crippen molar-refractivity contribution in [2.75, 3.05) is 13.3 Å². The third kappa shape index (κ3) is 3.59. The van der Waals surface area contributed by atoms with E-state index in [-0.39, 0.29) is 11.3 Å². The molecule has 1 aliphatic rings. The zero-order chi connectivity index (χ0) is 14.9. The van der Waals surface area contributed by atoms with Crippen LogP contribution in [0.3, 0.4) is 0 Å². The van der Waals surface area contributed by atoms with Crippen molar-refractivity contribution in [3.05, 3.63) is 15.6 Å². The lowest BCUT2D eigenvalue weighted by Gasteiger charge is -2.36. The fourth-order valence-electron chi connectivity index (χ4n) is 3.14. The van der Waals surface area contributed by atoms with Gasteiger partial charge in [-0.1, -0.05) is 12.8 Å². The Hall–Kier alpha value is -0.460. The highest BCUT2D eigenvalue weighted by molar-refractivity contribution is 7.91. The summed E-state index contributed by atoms with van der Waals surface area (Å²) in [5, 5.41) is 0.866. The predicted octanol–water partition coefficient (Wildman–Crippen LogP) is 2.55. The van der Waals surface area contributed by atoms with Gasteiger partial charge in [-0.25, -0.2) is 13.4 Å². The molecule has 2 rings (SSSR count). The van der Waals surface area contributed by atoms with E-state index in [2.05, 4.69) is 9.88 Å². The zero-order valence-corrected chi connectivity index (χ0v) is 14.4. The van der Waals surface area contributed by atoms with Gasteiger partial charge < -0.3 is 0 Å². The van der Waals surface area contributed by atoms with Gasteiger partial charge in [0.1, 0.15) is 0 Å². The predicted molar refractivity (Wildman–Crippen MR) is 83.9 cm³/mol. The SMILES string of the molecule is Cc1nc(C)c(CN(C)[C@H]2CCCC[C@H]2S(C)(=O)=O)s1. The van der Waals surface area contributed by atoms with E-state index in [0.717, 1.165) is 42.9 Å². The highest BCUT2D eigenvalue weighted by Gasteiger charge is 2.35. The van der Waals surface area contributed by atoms with Crippen molar-refractivity contribution in [3.8, 4) is 0 Å². The molecule has 0 spiro atoms. The van der Waals surface area contributed by atoms with Crippen LogP contribution in [0.25, 0.3) is 0 Å². The molecule has 0 saturated heterocycles. The number of aryl methyl sites for hydroxylation is 2. The molecule has 1 aromatic rings. The first kappa shape index (κ1) is 15.9. The molecule has 1 fully saturated rings. The molecule has 2 atom stereocenters. The zero-order valence-electron chi connectivity index (χ0n) is 12.7. The molecular formula is C14H24N2O2S2. The molecule has 0 bridgehead atoms. The van der Waals surface area contributed by atoms with Crippen molar-refractivity contribution in [2.45, 2.75) is 57.4 Å². The molecule has 1 heterocycles. The van der Waals surface area contributed by atoms with Crippen LogP contribution in [0.4, 0.5) is 0 Å². The maximum absolute atomic E-state index is 12.0. The van der Waals surface area contributed by atoms with E-state index >= 15 is 0 Å². The average molecular weight is 316 g/mol. The summed E-state index contributed by atoms with van der Waals surface area (Å²) in [7, 11) is -0.927. The molecule has 20 heavy (non-hydrogen) atoms. The summed E-state index contributed by atoms with van der Waals surface area (Å²) >= 11 is 1.71. The molecular weight excluding hydrogens is 292 g/mol. The molecule has 1 saturated carbocycles. The molecule has 0 aromatic carbocycles. The van der Waals surface area contributed by atoms with Crippen LogP contribution in [-0.2, 0) is 16.4 Å². The van der Waals surface area contributed by atoms with Crippen LogP contribution < -0.4 is 0 Å². The third-order valence-corrected chi connectivity index (χ3v) is 6.88. The van der Waals surface area contributed by atoms with Gasteiger partial charge in [-0.2, -0.15) is 0 Å². The number of hydrogen-bond donors (Lipinski definition) is 0. The Kier molecular flexibility index (Phi) is 4.87. The number of nitrogens with zero attached hydrogens (tertiary/aromatic N) is 2. The normalized spacial score (nSPS) is 24.2. The minimum Gasteiger partial charge on any atom is -0.297 e. The first-order valence-electron chi connectivity index (χ1n) is 7.11. The van der Waals surface area contributed by atoms with Crippen molar-refractivity contribution >= 4 is 21.2 Å². The molecule has 0 radical (unpaired) electrons. The molecule has 0 amide bonds. The van der Waals surface area contributed by atoms with Crippen LogP contribution in [0, 0.1) is 13.8 Å². The minimum absolute atomic E-state index is 0.139. The van der Waals surface area contributed by atoms with Gasteiger partial charge in [0.2, 0.25) is 0 Å². The Bertz CT molecular complexity index is 566. The van der Waals surface area contributed by atoms with E-state index in [4.69, 9.17) is 0 Å². The number of rotatable bonds is 4. The molecule has 6 heteroatoms. The average Bonchev–Trinajstić information content (AvgIpc) is 2.66. The summed E-state index contributed by atoms with van der Waals surface area (Å²) in [6.07, 6.45) is 5.31. The molecule has 0 N–H and O–H groups in total. The van der Waals surface area contributed by atoms with E-state index in [1.165, 1.54) is 11.1 Å². The Morgan fingerprint density at radius 2 is 1.95 bits per heavy atom. The fraction of sp³-hybridized carbons (Fsp3) is 0.786. The summed E-state index contributed by atoms with van der Waals surface area (Å²) in [6.45, 7) is 4.84. The first-order chi connectivity index (χ1) is 9.29. The highest BCUT2D eigenvalue weighted by atomic mass is 32.2. The molecule has 0 unspecified atom stereocenters. The standard InChI is InChI=1S/C14H24N2O2S2/c1-10-13(19-11(2)15-10)9-16(3)12-7-5-6-8-14(12)20(4,17)18/h12,14H,5-9H2,1-4H3/t12-,14+/m0/s1. The molecule has 1 aliphatic carbocycles. The summed E-state index contributed by atoms with van der Waals surface area (Å²) in [6, 6.07) is 0.139. The van der Waals surface area contributed by atoms with E-state index in [9.17, 15) is 8.42 Å². The number of thiazole rings is 1. The number of sulfone groups is 1. The summed E-state index contributed by atoms with van der Waals surface area (Å²) < 4.78 is 24.0. The summed E-state index contributed by atoms with van der Waals surface area (Å²) in [5.41, 5.74) is 1.08. The van der Waals surface area contributed by atoms with Gasteiger partial charge >= 0.3 is 0 Å². The van der Waals surface area contributed by atoms with E-state index < -0.39 is 9.84 Å². The minimum atomic E-state index is -2.97. The van der Waals surface area contributed by atoms with Crippen LogP contribution in [0.1, 0.15) is 41.3 Å². The second-order valence-corrected chi connectivity index (χ2v) is 9.43. The van der Waals surface area contributed by atoms with Crippen LogP contribution in [0.2, 0.25) is 0 Å². The van der Waals surface area contributed by atoms with Gasteiger partial charge in [-0.3, -0.25) is 4.90 Å². The van der Waals surface area contributed by atoms with Crippen molar-refractivity contribution in [3.63, 3.8) is 0 Å². The first-order valence-corrected chi connectivity index (χ1v) is 9.88. The van der Waals surface area contributed by atoms with Gasteiger partial charge in [-0.05, 0) is 33.7 Å². The quantitative estimate of drug-likeness (QED) is 0.856. The van der Waals surface area contributed by atoms with Gasteiger partial charge in [0.25, 0.3) is 0 Å². The largest absolute Gasteiger partial charge is 0.297 e. The van der Waals surface area contributed by atoms with Crippen molar-refractivity contribution in [1.29, 1.82) is 0 Å². The molecule has 4 nitrogen and oxygen atoms in total. The van der Waals surface area contributed by atoms with Crippen LogP contribution in [0.5, 0.6) is 0 Å². The monoisotopic (exact) mass is 316 g/mol. The third-order valence-electron chi connectivity index (χ3n) is 4.18. The van der Waals surface area contributed by atoms with Crippen molar-refractivity contribution in [2.24, 2.45) is 0 Å². The molecule has 0 aliphatic heterocycles. The smallest absolute Gasteiger partial charge is 0.151 e. The van der Waals surface area contributed by atoms with Gasteiger partial charge in [0.05, 0.1) is 16.0 Å². The second kappa shape index (κ2) is 6.12. The van der Waals surface area contributed by atoms with E-state index in [1.54, 1.807) is 11.3 Å². The Morgan fingerprint density at radius 3 is 2.50 bits per heavy atom.